The van der Waals surface area contributed by atoms with Gasteiger partial charge in [-0.15, -0.1) is 0 Å². The van der Waals surface area contributed by atoms with Crippen LogP contribution >= 0.6 is 34.2 Å². The number of amides is 1. The third kappa shape index (κ3) is 4.75. The van der Waals surface area contributed by atoms with Gasteiger partial charge >= 0.3 is 0 Å². The summed E-state index contributed by atoms with van der Waals surface area (Å²) in [6.07, 6.45) is 6.32. The Morgan fingerprint density at radius 1 is 1.10 bits per heavy atom. The number of nitrogens with zero attached hydrogens (tertiary/aromatic N) is 1. The molecule has 2 aromatic carbocycles. The van der Waals surface area contributed by atoms with Crippen LogP contribution in [-0.2, 0) is 4.79 Å². The highest BCUT2D eigenvalue weighted by Crippen LogP contribution is 2.41. The van der Waals surface area contributed by atoms with E-state index >= 15 is 0 Å². The summed E-state index contributed by atoms with van der Waals surface area (Å²) in [4.78, 5) is 17.2. The molecular weight excluding hydrogens is 495 g/mol. The lowest BCUT2D eigenvalue weighted by molar-refractivity contribution is -0.121. The lowest BCUT2D eigenvalue weighted by atomic mass is 9.73. The zero-order valence-corrected chi connectivity index (χ0v) is 19.3. The van der Waals surface area contributed by atoms with Gasteiger partial charge in [-0.25, -0.2) is 0 Å². The largest absolute Gasteiger partial charge is 0.326 e. The van der Waals surface area contributed by atoms with Crippen molar-refractivity contribution in [3.8, 4) is 0 Å². The van der Waals surface area contributed by atoms with Crippen LogP contribution in [0.25, 0.3) is 10.9 Å². The molecule has 3 aromatic rings. The second-order valence-electron chi connectivity index (χ2n) is 7.96. The maximum atomic E-state index is 12.7. The molecule has 1 fully saturated rings. The average molecular weight is 519 g/mol. The van der Waals surface area contributed by atoms with Crippen molar-refractivity contribution < 1.29 is 4.79 Å². The highest BCUT2D eigenvalue weighted by Gasteiger charge is 2.30. The van der Waals surface area contributed by atoms with Crippen LogP contribution in [0.3, 0.4) is 0 Å². The molecule has 0 aliphatic heterocycles. The van der Waals surface area contributed by atoms with Crippen LogP contribution in [0.4, 0.5) is 5.69 Å². The summed E-state index contributed by atoms with van der Waals surface area (Å²) in [6.45, 7) is 2.06. The molecule has 1 saturated carbocycles. The Kier molecular flexibility index (Phi) is 6.40. The van der Waals surface area contributed by atoms with Crippen LogP contribution in [0.5, 0.6) is 0 Å². The molecule has 4 rings (SSSR count). The number of hydrogen-bond donors (Lipinski definition) is 1. The molecule has 150 valence electrons. The fraction of sp³-hybridized carbons (Fsp3) is 0.333. The summed E-state index contributed by atoms with van der Waals surface area (Å²) in [5.74, 6) is 1.06. The van der Waals surface area contributed by atoms with E-state index in [1.807, 2.05) is 18.3 Å². The Morgan fingerprint density at radius 3 is 2.55 bits per heavy atom. The summed E-state index contributed by atoms with van der Waals surface area (Å²) >= 11 is 8.29. The van der Waals surface area contributed by atoms with Crippen molar-refractivity contribution in [2.75, 3.05) is 5.32 Å². The number of aromatic nitrogens is 1. The third-order valence-electron chi connectivity index (χ3n) is 6.18. The van der Waals surface area contributed by atoms with E-state index in [4.69, 9.17) is 11.6 Å². The normalized spacial score (nSPS) is 20.4. The first-order chi connectivity index (χ1) is 14.0. The Morgan fingerprint density at radius 2 is 1.83 bits per heavy atom. The number of carbonyl (C=O) groups excluding carboxylic acids is 1. The Labute approximate surface area is 190 Å². The predicted molar refractivity (Wildman–Crippen MR) is 128 cm³/mol. The summed E-state index contributed by atoms with van der Waals surface area (Å²) in [6, 6.07) is 15.9. The van der Waals surface area contributed by atoms with Gasteiger partial charge in [0, 0.05) is 31.8 Å². The third-order valence-corrected chi connectivity index (χ3v) is 7.10. The summed E-state index contributed by atoms with van der Waals surface area (Å²) in [5, 5.41) is 4.98. The molecule has 0 unspecified atom stereocenters. The summed E-state index contributed by atoms with van der Waals surface area (Å²) in [7, 11) is 0. The van der Waals surface area contributed by atoms with Gasteiger partial charge in [-0.2, -0.15) is 0 Å². The van der Waals surface area contributed by atoms with Crippen molar-refractivity contribution in [1.29, 1.82) is 0 Å². The second kappa shape index (κ2) is 9.00. The fourth-order valence-corrected chi connectivity index (χ4v) is 5.05. The van der Waals surface area contributed by atoms with E-state index < -0.39 is 0 Å². The SMILES string of the molecule is C[C@H](C(=O)Nc1ccc(Cl)cc1)C1CCC(c2ccnc3ccc(I)cc23)CC1. The summed E-state index contributed by atoms with van der Waals surface area (Å²) in [5.41, 5.74) is 3.28. The molecular formula is C24H24ClIN2O. The van der Waals surface area contributed by atoms with Crippen molar-refractivity contribution in [2.45, 2.75) is 38.5 Å². The Balaban J connectivity index is 1.41. The van der Waals surface area contributed by atoms with Gasteiger partial charge in [0.25, 0.3) is 0 Å². The van der Waals surface area contributed by atoms with Gasteiger partial charge in [0.05, 0.1) is 5.52 Å². The number of carbonyl (C=O) groups is 1. The molecule has 0 radical (unpaired) electrons. The quantitative estimate of drug-likeness (QED) is 0.376. The van der Waals surface area contributed by atoms with E-state index in [2.05, 4.69) is 64.1 Å². The van der Waals surface area contributed by atoms with Crippen LogP contribution < -0.4 is 5.32 Å². The van der Waals surface area contributed by atoms with Gasteiger partial charge < -0.3 is 5.32 Å². The number of rotatable bonds is 4. The van der Waals surface area contributed by atoms with Gasteiger partial charge in [0.2, 0.25) is 5.91 Å². The van der Waals surface area contributed by atoms with Gasteiger partial charge in [0.1, 0.15) is 0 Å². The van der Waals surface area contributed by atoms with E-state index in [-0.39, 0.29) is 11.8 Å². The molecule has 5 heteroatoms. The highest BCUT2D eigenvalue weighted by molar-refractivity contribution is 14.1. The van der Waals surface area contributed by atoms with Crippen molar-refractivity contribution in [3.05, 3.63) is 68.9 Å². The molecule has 3 nitrogen and oxygen atoms in total. The van der Waals surface area contributed by atoms with Gasteiger partial charge in [0.15, 0.2) is 0 Å². The zero-order valence-electron chi connectivity index (χ0n) is 16.4. The molecule has 1 atom stereocenters. The zero-order chi connectivity index (χ0) is 20.4. The first-order valence-electron chi connectivity index (χ1n) is 10.1. The Bertz CT molecular complexity index is 1010. The molecule has 1 aromatic heterocycles. The summed E-state index contributed by atoms with van der Waals surface area (Å²) < 4.78 is 1.24. The first kappa shape index (κ1) is 20.6. The monoisotopic (exact) mass is 518 g/mol. The van der Waals surface area contributed by atoms with Crippen molar-refractivity contribution in [3.63, 3.8) is 0 Å². The van der Waals surface area contributed by atoms with Gasteiger partial charge in [-0.1, -0.05) is 18.5 Å². The van der Waals surface area contributed by atoms with E-state index in [0.29, 0.717) is 16.9 Å². The van der Waals surface area contributed by atoms with Crippen LogP contribution in [0.15, 0.2) is 54.7 Å². The fourth-order valence-electron chi connectivity index (χ4n) is 4.43. The number of nitrogens with one attached hydrogen (secondary N) is 1. The van der Waals surface area contributed by atoms with Crippen LogP contribution in [0.2, 0.25) is 5.02 Å². The minimum absolute atomic E-state index is 0.00163. The molecule has 0 spiro atoms. The van der Waals surface area contributed by atoms with Gasteiger partial charge in [-0.05, 0) is 114 Å². The number of pyridine rings is 1. The van der Waals surface area contributed by atoms with E-state index in [1.54, 1.807) is 12.1 Å². The smallest absolute Gasteiger partial charge is 0.227 e. The second-order valence-corrected chi connectivity index (χ2v) is 9.64. The molecule has 1 aliphatic rings. The minimum atomic E-state index is 0.00163. The molecule has 1 N–H and O–H groups in total. The molecule has 0 saturated heterocycles. The topological polar surface area (TPSA) is 42.0 Å². The maximum absolute atomic E-state index is 12.7. The lowest BCUT2D eigenvalue weighted by Crippen LogP contribution is -2.29. The first-order valence-corrected chi connectivity index (χ1v) is 11.6. The van der Waals surface area contributed by atoms with E-state index in [9.17, 15) is 4.79 Å². The molecule has 0 bridgehead atoms. The number of fused-ring (bicyclic) bond motifs is 1. The average Bonchev–Trinajstić information content (AvgIpc) is 2.74. The van der Waals surface area contributed by atoms with E-state index in [0.717, 1.165) is 36.9 Å². The van der Waals surface area contributed by atoms with Crippen molar-refractivity contribution in [2.24, 2.45) is 11.8 Å². The molecule has 1 amide bonds. The highest BCUT2D eigenvalue weighted by atomic mass is 127. The van der Waals surface area contributed by atoms with Crippen LogP contribution in [-0.4, -0.2) is 10.9 Å². The number of benzene rings is 2. The lowest BCUT2D eigenvalue weighted by Gasteiger charge is -2.32. The van der Waals surface area contributed by atoms with Crippen molar-refractivity contribution >= 4 is 56.7 Å². The van der Waals surface area contributed by atoms with Gasteiger partial charge in [-0.3, -0.25) is 9.78 Å². The van der Waals surface area contributed by atoms with E-state index in [1.165, 1.54) is 14.5 Å². The number of anilines is 1. The van der Waals surface area contributed by atoms with Crippen molar-refractivity contribution in [1.82, 2.24) is 4.98 Å². The number of halogens is 2. The van der Waals surface area contributed by atoms with Crippen LogP contribution in [0.1, 0.15) is 44.1 Å². The Hall–Kier alpha value is -1.66. The molecule has 1 heterocycles. The molecule has 29 heavy (non-hydrogen) atoms. The van der Waals surface area contributed by atoms with Crippen LogP contribution in [0, 0.1) is 15.4 Å². The number of hydrogen-bond acceptors (Lipinski definition) is 2. The minimum Gasteiger partial charge on any atom is -0.326 e. The standard InChI is InChI=1S/C24H24ClIN2O/c1-15(24(29)28-20-9-6-18(25)7-10-20)16-2-4-17(5-3-16)21-12-13-27-23-11-8-19(26)14-22(21)23/h6-17H,2-5H2,1H3,(H,28,29)/t15-,16?,17?/m0/s1. The predicted octanol–water partition coefficient (Wildman–Crippen LogP) is 7.04. The molecule has 1 aliphatic carbocycles. The maximum Gasteiger partial charge on any atom is 0.227 e.